The molecule has 12 aromatic rings. The SMILES string of the molecule is c1ccc(-c2nc(-c3ccccc3)nc(-c3cc(-c4ccccc4-n4c5ccccc5c5ccccc54)cc4c3sc3ccc5c6ccccc6sc5c34)n2)cc1. The second kappa shape index (κ2) is 12.8. The molecule has 0 spiro atoms. The number of aromatic nitrogens is 4. The van der Waals surface area contributed by atoms with Gasteiger partial charge in [-0.15, -0.1) is 22.7 Å². The summed E-state index contributed by atoms with van der Waals surface area (Å²) in [5.41, 5.74) is 8.61. The van der Waals surface area contributed by atoms with Crippen LogP contribution in [-0.2, 0) is 0 Å². The number of nitrogens with zero attached hydrogens (tertiary/aromatic N) is 4. The molecule has 0 atom stereocenters. The first kappa shape index (κ1) is 32.3. The topological polar surface area (TPSA) is 43.6 Å². The van der Waals surface area contributed by atoms with E-state index in [-0.39, 0.29) is 0 Å². The van der Waals surface area contributed by atoms with Crippen molar-refractivity contribution in [2.75, 3.05) is 0 Å². The first-order valence-corrected chi connectivity index (χ1v) is 20.7. The van der Waals surface area contributed by atoms with Gasteiger partial charge in [0.1, 0.15) is 0 Å². The molecule has 4 heterocycles. The van der Waals surface area contributed by atoms with Gasteiger partial charge in [-0.05, 0) is 48.0 Å². The van der Waals surface area contributed by atoms with Crippen LogP contribution in [0.5, 0.6) is 0 Å². The van der Waals surface area contributed by atoms with E-state index >= 15 is 0 Å². The van der Waals surface area contributed by atoms with Crippen LogP contribution in [0.1, 0.15) is 0 Å². The molecule has 0 N–H and O–H groups in total. The van der Waals surface area contributed by atoms with E-state index in [0.717, 1.165) is 38.2 Å². The highest BCUT2D eigenvalue weighted by molar-refractivity contribution is 7.30. The van der Waals surface area contributed by atoms with E-state index in [1.54, 1.807) is 0 Å². The number of para-hydroxylation sites is 3. The van der Waals surface area contributed by atoms with E-state index in [2.05, 4.69) is 150 Å². The molecule has 0 fully saturated rings. The molecule has 4 nitrogen and oxygen atoms in total. The molecule has 12 rings (SSSR count). The van der Waals surface area contributed by atoms with Crippen LogP contribution in [0, 0.1) is 0 Å². The maximum absolute atomic E-state index is 5.29. The number of rotatable bonds is 5. The van der Waals surface area contributed by atoms with Crippen LogP contribution in [0.3, 0.4) is 0 Å². The lowest BCUT2D eigenvalue weighted by molar-refractivity contribution is 1.08. The highest BCUT2D eigenvalue weighted by Gasteiger charge is 2.22. The Labute approximate surface area is 335 Å². The van der Waals surface area contributed by atoms with Crippen LogP contribution in [0.4, 0.5) is 0 Å². The van der Waals surface area contributed by atoms with Gasteiger partial charge >= 0.3 is 0 Å². The van der Waals surface area contributed by atoms with Crippen molar-refractivity contribution < 1.29 is 0 Å². The summed E-state index contributed by atoms with van der Waals surface area (Å²) in [5.74, 6) is 1.96. The standard InChI is InChI=1S/C51H30N4S2/c1-3-15-31(16-4-1)49-52-50(32-17-5-2-6-18-32)54-51(53-49)40-30-33(29-39-46-45(57-47(39)40)28-27-38-37-22-10-14-26-44(37)56-48(38)46)34-19-7-11-23-41(34)55-42-24-12-8-20-35(42)36-21-9-13-25-43(36)55/h1-30H. The summed E-state index contributed by atoms with van der Waals surface area (Å²) in [7, 11) is 0. The van der Waals surface area contributed by atoms with Crippen molar-refractivity contribution in [2.45, 2.75) is 0 Å². The van der Waals surface area contributed by atoms with E-state index < -0.39 is 0 Å². The minimum absolute atomic E-state index is 0.650. The number of benzene rings is 8. The van der Waals surface area contributed by atoms with Gasteiger partial charge < -0.3 is 4.57 Å². The molecule has 6 heteroatoms. The third kappa shape index (κ3) is 5.08. The van der Waals surface area contributed by atoms with E-state index in [0.29, 0.717) is 17.5 Å². The monoisotopic (exact) mass is 762 g/mol. The van der Waals surface area contributed by atoms with Crippen molar-refractivity contribution in [3.8, 4) is 51.0 Å². The Hall–Kier alpha value is -6.99. The Morgan fingerprint density at radius 2 is 0.912 bits per heavy atom. The second-order valence-electron chi connectivity index (χ2n) is 14.3. The predicted molar refractivity (Wildman–Crippen MR) is 242 cm³/mol. The summed E-state index contributed by atoms with van der Waals surface area (Å²) in [6.45, 7) is 0. The van der Waals surface area contributed by atoms with E-state index in [1.807, 2.05) is 59.1 Å². The van der Waals surface area contributed by atoms with Crippen LogP contribution < -0.4 is 0 Å². The highest BCUT2D eigenvalue weighted by atomic mass is 32.1. The van der Waals surface area contributed by atoms with Gasteiger partial charge in [0.25, 0.3) is 0 Å². The number of fused-ring (bicyclic) bond motifs is 10. The van der Waals surface area contributed by atoms with Gasteiger partial charge in [-0.2, -0.15) is 0 Å². The molecular weight excluding hydrogens is 733 g/mol. The zero-order valence-electron chi connectivity index (χ0n) is 30.4. The van der Waals surface area contributed by atoms with Gasteiger partial charge in [0.2, 0.25) is 0 Å². The molecule has 57 heavy (non-hydrogen) atoms. The van der Waals surface area contributed by atoms with Crippen LogP contribution >= 0.6 is 22.7 Å². The summed E-state index contributed by atoms with van der Waals surface area (Å²) >= 11 is 3.70. The summed E-state index contributed by atoms with van der Waals surface area (Å²) < 4.78 is 7.44. The zero-order valence-corrected chi connectivity index (χ0v) is 32.1. The van der Waals surface area contributed by atoms with Crippen LogP contribution in [-0.4, -0.2) is 19.5 Å². The molecule has 0 amide bonds. The van der Waals surface area contributed by atoms with Gasteiger partial charge in [0.05, 0.1) is 16.7 Å². The molecule has 266 valence electrons. The maximum atomic E-state index is 5.29. The lowest BCUT2D eigenvalue weighted by Crippen LogP contribution is -2.01. The molecule has 0 radical (unpaired) electrons. The predicted octanol–water partition coefficient (Wildman–Crippen LogP) is 14.4. The Bertz CT molecular complexity index is 3410. The fourth-order valence-electron chi connectivity index (χ4n) is 8.49. The van der Waals surface area contributed by atoms with Crippen molar-refractivity contribution in [1.29, 1.82) is 0 Å². The van der Waals surface area contributed by atoms with Crippen molar-refractivity contribution in [3.63, 3.8) is 0 Å². The Kier molecular flexibility index (Phi) is 7.24. The molecule has 0 saturated carbocycles. The Morgan fingerprint density at radius 1 is 0.351 bits per heavy atom. The third-order valence-corrected chi connectivity index (χ3v) is 13.5. The Morgan fingerprint density at radius 3 is 1.61 bits per heavy atom. The zero-order chi connectivity index (χ0) is 37.5. The normalized spacial score (nSPS) is 11.9. The molecule has 4 aromatic heterocycles. The number of thiophene rings is 2. The van der Waals surface area contributed by atoms with Crippen LogP contribution in [0.15, 0.2) is 182 Å². The van der Waals surface area contributed by atoms with Gasteiger partial charge in [0, 0.05) is 73.4 Å². The maximum Gasteiger partial charge on any atom is 0.165 e. The second-order valence-corrected chi connectivity index (χ2v) is 16.4. The number of hydrogen-bond acceptors (Lipinski definition) is 5. The first-order valence-electron chi connectivity index (χ1n) is 19.0. The lowest BCUT2D eigenvalue weighted by Gasteiger charge is -2.16. The number of hydrogen-bond donors (Lipinski definition) is 0. The summed E-state index contributed by atoms with van der Waals surface area (Å²) in [6, 6.07) is 64.8. The van der Waals surface area contributed by atoms with Gasteiger partial charge in [0.15, 0.2) is 17.5 Å². The molecule has 0 saturated heterocycles. The van der Waals surface area contributed by atoms with Crippen LogP contribution in [0.2, 0.25) is 0 Å². The minimum Gasteiger partial charge on any atom is -0.309 e. The van der Waals surface area contributed by atoms with E-state index in [1.165, 1.54) is 57.5 Å². The van der Waals surface area contributed by atoms with E-state index in [9.17, 15) is 0 Å². The molecule has 0 unspecified atom stereocenters. The summed E-state index contributed by atoms with van der Waals surface area (Å²) in [4.78, 5) is 15.6. The summed E-state index contributed by atoms with van der Waals surface area (Å²) in [6.07, 6.45) is 0. The van der Waals surface area contributed by atoms with Crippen molar-refractivity contribution >= 4 is 84.8 Å². The fraction of sp³-hybridized carbons (Fsp3) is 0. The molecule has 8 aromatic carbocycles. The van der Waals surface area contributed by atoms with Gasteiger partial charge in [-0.3, -0.25) is 0 Å². The first-order chi connectivity index (χ1) is 28.3. The van der Waals surface area contributed by atoms with Crippen molar-refractivity contribution in [3.05, 3.63) is 182 Å². The average molecular weight is 763 g/mol. The Balaban J connectivity index is 1.20. The fourth-order valence-corrected chi connectivity index (χ4v) is 11.0. The lowest BCUT2D eigenvalue weighted by atomic mass is 9.97. The quantitative estimate of drug-likeness (QED) is 0.175. The molecule has 0 aliphatic heterocycles. The third-order valence-electron chi connectivity index (χ3n) is 11.1. The molecular formula is C51H30N4S2. The minimum atomic E-state index is 0.650. The molecule has 0 aliphatic rings. The molecule has 0 bridgehead atoms. The smallest absolute Gasteiger partial charge is 0.165 e. The molecule has 0 aliphatic carbocycles. The van der Waals surface area contributed by atoms with Gasteiger partial charge in [-0.1, -0.05) is 140 Å². The van der Waals surface area contributed by atoms with E-state index in [4.69, 9.17) is 15.0 Å². The summed E-state index contributed by atoms with van der Waals surface area (Å²) in [5, 5.41) is 7.55. The average Bonchev–Trinajstić information content (AvgIpc) is 3.96. The largest absolute Gasteiger partial charge is 0.309 e. The van der Waals surface area contributed by atoms with Gasteiger partial charge in [-0.25, -0.2) is 15.0 Å². The van der Waals surface area contributed by atoms with Crippen molar-refractivity contribution in [1.82, 2.24) is 19.5 Å². The van der Waals surface area contributed by atoms with Crippen molar-refractivity contribution in [2.24, 2.45) is 0 Å². The highest BCUT2D eigenvalue weighted by Crippen LogP contribution is 2.48. The van der Waals surface area contributed by atoms with Crippen LogP contribution in [0.25, 0.3) is 113 Å².